The Labute approximate surface area is 528 Å². The van der Waals surface area contributed by atoms with Crippen LogP contribution in [-0.2, 0) is 159 Å². The number of rotatable bonds is 64. The van der Waals surface area contributed by atoms with E-state index in [1.807, 2.05) is 0 Å². The molecule has 0 fully saturated rings. The molecule has 560 valence electrons. The van der Waals surface area contributed by atoms with Crippen LogP contribution < -0.4 is 10.6 Å². The van der Waals surface area contributed by atoms with Gasteiger partial charge in [-0.05, 0) is 14.1 Å². The SMILES string of the molecule is CNCC(CO)COP(=O)(O)OCCOP(=O)(O)OCCOP(=O)(O)OCCOP(=O)(O)OCCOP(=O)(O)OCCOP(=O)(O)OCCOP(=O)(O)OCCOP(=O)(O)OCCOP(=O)(O)OCCOP(=O)(O)OCCOP(=O)(O)OCC(CNC)COP(=O)(O)O. The van der Waals surface area contributed by atoms with Gasteiger partial charge in [0, 0.05) is 31.5 Å². The van der Waals surface area contributed by atoms with Crippen molar-refractivity contribution >= 4 is 93.9 Å². The van der Waals surface area contributed by atoms with Crippen molar-refractivity contribution in [2.24, 2.45) is 11.8 Å². The lowest BCUT2D eigenvalue weighted by Gasteiger charge is -2.19. The molecule has 93 heavy (non-hydrogen) atoms. The van der Waals surface area contributed by atoms with Crippen molar-refractivity contribution in [2.45, 2.75) is 0 Å². The lowest BCUT2D eigenvalue weighted by molar-refractivity contribution is 0.0698. The molecule has 16 N–H and O–H groups in total. The van der Waals surface area contributed by atoms with Crippen molar-refractivity contribution in [3.05, 3.63) is 0 Å². The number of hydrogen-bond donors (Lipinski definition) is 16. The summed E-state index contributed by atoms with van der Waals surface area (Å²) in [4.78, 5) is 125. The molecule has 0 aromatic carbocycles. The third kappa shape index (κ3) is 56.4. The van der Waals surface area contributed by atoms with Crippen LogP contribution in [0.2, 0.25) is 0 Å². The maximum atomic E-state index is 12.1. The minimum atomic E-state index is -5.01. The van der Waals surface area contributed by atoms with Crippen molar-refractivity contribution in [3.63, 3.8) is 0 Å². The Hall–Kier alpha value is 1.20. The number of aliphatic hydroxyl groups excluding tert-OH is 1. The van der Waals surface area contributed by atoms with Crippen molar-refractivity contribution in [2.75, 3.05) is 186 Å². The molecule has 0 aromatic rings. The Kier molecular flexibility index (Phi) is 47.3. The van der Waals surface area contributed by atoms with Crippen LogP contribution in [-0.4, -0.2) is 254 Å². The normalized spacial score (nSPS) is 20.4. The van der Waals surface area contributed by atoms with Crippen LogP contribution in [0.15, 0.2) is 0 Å². The first-order valence-corrected chi connectivity index (χ1v) is 43.1. The van der Waals surface area contributed by atoms with E-state index in [1.54, 1.807) is 7.05 Å². The summed E-state index contributed by atoms with van der Waals surface area (Å²) in [5.74, 6) is -1.37. The van der Waals surface area contributed by atoms with Crippen LogP contribution in [0.4, 0.5) is 0 Å². The van der Waals surface area contributed by atoms with E-state index in [0.717, 1.165) is 0 Å². The summed E-state index contributed by atoms with van der Waals surface area (Å²) in [7, 11) is -56.0. The first-order valence-electron chi connectivity index (χ1n) is 25.1. The van der Waals surface area contributed by atoms with Gasteiger partial charge >= 0.3 is 93.9 Å². The van der Waals surface area contributed by atoms with Gasteiger partial charge in [-0.15, -0.1) is 0 Å². The van der Waals surface area contributed by atoms with E-state index in [-0.39, 0.29) is 26.3 Å². The predicted molar refractivity (Wildman–Crippen MR) is 299 cm³/mol. The standard InChI is InChI=1S/C30H76N2O49P12/c1-31-23-29(25-33)26-80-92(55,56)77-21-19-75-90(51,52)73-17-15-71-88(47,48)69-13-11-67-86(43,44)65-9-7-63-84(39,40)61-5-3-59-83(37,38)60-4-6-62-85(41,42)64-8-10-66-87(45,46)68-12-14-70-89(49,50)72-16-18-74-91(53,54)76-20-22-78-93(57,58)81-28-30(24-32-2)27-79-82(34,35)36/h29-33H,3-28H2,1-2H3,(H,37,38)(H,39,40)(H,41,42)(H,43,44)(H,45,46)(H,47,48)(H,49,50)(H,51,52)(H,53,54)(H,55,56)(H,57,58)(H2,34,35,36). The fourth-order valence-corrected chi connectivity index (χ4v) is 13.1. The molecular weight excluding hydrogens is 1540 g/mol. The van der Waals surface area contributed by atoms with Gasteiger partial charge in [0.25, 0.3) is 0 Å². The Morgan fingerprint density at radius 3 is 0.495 bits per heavy atom. The van der Waals surface area contributed by atoms with E-state index in [0.29, 0.717) is 0 Å². The molecule has 0 heterocycles. The summed E-state index contributed by atoms with van der Waals surface area (Å²) in [6.45, 7) is -19.4. The first-order chi connectivity index (χ1) is 42.7. The molecule has 0 aromatic heterocycles. The number of hydrogen-bond acceptors (Lipinski definition) is 38. The van der Waals surface area contributed by atoms with Gasteiger partial charge < -0.3 is 79.4 Å². The highest BCUT2D eigenvalue weighted by molar-refractivity contribution is 7.50. The number of aliphatic hydroxyl groups is 1. The highest BCUT2D eigenvalue weighted by Crippen LogP contribution is 2.52. The fraction of sp³-hybridized carbons (Fsp3) is 1.00. The molecule has 0 rings (SSSR count). The largest absolute Gasteiger partial charge is 0.472 e. The number of phosphoric ester groups is 12. The number of phosphoric acid groups is 12. The molecule has 13 unspecified atom stereocenters. The summed E-state index contributed by atoms with van der Waals surface area (Å²) in [6.07, 6.45) is 0. The van der Waals surface area contributed by atoms with E-state index >= 15 is 0 Å². The van der Waals surface area contributed by atoms with Crippen LogP contribution in [0.5, 0.6) is 0 Å². The molecule has 0 aliphatic rings. The molecular formula is C30H76N2O49P12. The van der Waals surface area contributed by atoms with Gasteiger partial charge in [-0.1, -0.05) is 0 Å². The van der Waals surface area contributed by atoms with Gasteiger partial charge in [0.05, 0.1) is 152 Å². The fourth-order valence-electron chi connectivity index (χ4n) is 4.98. The molecule has 0 saturated carbocycles. The molecule has 0 aliphatic heterocycles. The molecule has 13 atom stereocenters. The zero-order chi connectivity index (χ0) is 71.2. The van der Waals surface area contributed by atoms with Crippen LogP contribution in [0, 0.1) is 11.8 Å². The highest BCUT2D eigenvalue weighted by Gasteiger charge is 2.33. The highest BCUT2D eigenvalue weighted by atomic mass is 31.2. The third-order valence-corrected chi connectivity index (χ3v) is 20.2. The quantitative estimate of drug-likeness (QED) is 0.0286. The second-order valence-electron chi connectivity index (χ2n) is 16.2. The van der Waals surface area contributed by atoms with Crippen LogP contribution in [0.25, 0.3) is 0 Å². The minimum Gasteiger partial charge on any atom is -0.396 e. The minimum absolute atomic E-state index is 0.0336. The Bertz CT molecular complexity index is 2710. The first kappa shape index (κ1) is 94.2. The molecule has 0 radical (unpaired) electrons. The average Bonchev–Trinajstić information content (AvgIpc) is 1.51. The zero-order valence-electron chi connectivity index (χ0n) is 48.5. The van der Waals surface area contributed by atoms with Gasteiger partial charge in [-0.3, -0.25) is 104 Å². The van der Waals surface area contributed by atoms with Crippen molar-refractivity contribution < 1.29 is 228 Å². The maximum Gasteiger partial charge on any atom is 0.472 e. The molecule has 0 saturated heterocycles. The molecule has 51 nitrogen and oxygen atoms in total. The molecule has 0 spiro atoms. The van der Waals surface area contributed by atoms with Crippen LogP contribution >= 0.6 is 93.9 Å². The van der Waals surface area contributed by atoms with Gasteiger partial charge in [0.2, 0.25) is 0 Å². The lowest BCUT2D eigenvalue weighted by Crippen LogP contribution is -2.26. The van der Waals surface area contributed by atoms with Crippen LogP contribution in [0.3, 0.4) is 0 Å². The molecule has 0 bridgehead atoms. The van der Waals surface area contributed by atoms with E-state index in [9.17, 15) is 114 Å². The number of nitrogens with one attached hydrogen (secondary N) is 2. The summed E-state index contributed by atoms with van der Waals surface area (Å²) in [5, 5.41) is 14.5. The predicted octanol–water partition coefficient (Wildman–Crippen LogP) is 0.229. The van der Waals surface area contributed by atoms with Gasteiger partial charge in [-0.25, -0.2) is 54.8 Å². The summed E-state index contributed by atoms with van der Waals surface area (Å²) < 4.78 is 247. The Morgan fingerprint density at radius 1 is 0.226 bits per heavy atom. The van der Waals surface area contributed by atoms with Crippen molar-refractivity contribution in [1.29, 1.82) is 0 Å². The van der Waals surface area contributed by atoms with E-state index < -0.39 is 251 Å². The second-order valence-corrected chi connectivity index (χ2v) is 33.5. The second kappa shape index (κ2) is 46.7. The summed E-state index contributed by atoms with van der Waals surface area (Å²) in [6, 6.07) is 0. The van der Waals surface area contributed by atoms with Crippen molar-refractivity contribution in [1.82, 2.24) is 10.6 Å². The third-order valence-electron chi connectivity index (χ3n) is 8.59. The van der Waals surface area contributed by atoms with E-state index in [1.165, 1.54) is 7.05 Å². The zero-order valence-corrected chi connectivity index (χ0v) is 59.2. The Morgan fingerprint density at radius 2 is 0.355 bits per heavy atom. The maximum absolute atomic E-state index is 12.1. The molecule has 63 heteroatoms. The van der Waals surface area contributed by atoms with Gasteiger partial charge in [-0.2, -0.15) is 0 Å². The van der Waals surface area contributed by atoms with E-state index in [2.05, 4.69) is 106 Å². The lowest BCUT2D eigenvalue weighted by atomic mass is 10.2. The van der Waals surface area contributed by atoms with Gasteiger partial charge in [0.15, 0.2) is 0 Å². The summed E-state index contributed by atoms with van der Waals surface area (Å²) in [5.41, 5.74) is 0. The summed E-state index contributed by atoms with van der Waals surface area (Å²) >= 11 is 0. The van der Waals surface area contributed by atoms with Crippen LogP contribution in [0.1, 0.15) is 0 Å². The van der Waals surface area contributed by atoms with Crippen molar-refractivity contribution in [3.8, 4) is 0 Å². The molecule has 0 aliphatic carbocycles. The average molecular weight is 1620 g/mol. The van der Waals surface area contributed by atoms with E-state index in [4.69, 9.17) is 18.8 Å². The van der Waals surface area contributed by atoms with Gasteiger partial charge in [0.1, 0.15) is 0 Å². The Balaban J connectivity index is 4.29. The molecule has 0 amide bonds. The topological polar surface area (TPSA) is 724 Å². The smallest absolute Gasteiger partial charge is 0.396 e. The monoisotopic (exact) mass is 1620 g/mol.